The lowest BCUT2D eigenvalue weighted by Gasteiger charge is -2.14. The summed E-state index contributed by atoms with van der Waals surface area (Å²) in [7, 11) is 0. The van der Waals surface area contributed by atoms with Crippen molar-refractivity contribution in [2.45, 2.75) is 13.8 Å². The van der Waals surface area contributed by atoms with Crippen molar-refractivity contribution in [2.24, 2.45) is 11.7 Å². The van der Waals surface area contributed by atoms with Gasteiger partial charge in [-0.05, 0) is 43.3 Å². The molecule has 0 fully saturated rings. The molecule has 0 spiro atoms. The molecule has 0 aliphatic heterocycles. The first-order valence-corrected chi connectivity index (χ1v) is 7.64. The first-order valence-electron chi connectivity index (χ1n) is 7.64. The van der Waals surface area contributed by atoms with E-state index >= 15 is 0 Å². The van der Waals surface area contributed by atoms with E-state index in [0.29, 0.717) is 30.3 Å². The van der Waals surface area contributed by atoms with E-state index in [1.807, 2.05) is 43.3 Å². The topological polar surface area (TPSA) is 73.6 Å². The van der Waals surface area contributed by atoms with Crippen LogP contribution in [-0.4, -0.2) is 19.1 Å². The second-order valence-corrected chi connectivity index (χ2v) is 5.13. The van der Waals surface area contributed by atoms with Crippen molar-refractivity contribution in [3.05, 3.63) is 48.5 Å². The van der Waals surface area contributed by atoms with Crippen LogP contribution in [0.4, 0.5) is 5.69 Å². The summed E-state index contributed by atoms with van der Waals surface area (Å²) < 4.78 is 11.3. The van der Waals surface area contributed by atoms with Gasteiger partial charge in [-0.2, -0.15) is 0 Å². The van der Waals surface area contributed by atoms with Crippen LogP contribution >= 0.6 is 0 Å². The molecule has 1 atom stereocenters. The zero-order chi connectivity index (χ0) is 16.7. The van der Waals surface area contributed by atoms with E-state index in [1.54, 1.807) is 19.1 Å². The minimum absolute atomic E-state index is 0.129. The zero-order valence-corrected chi connectivity index (χ0v) is 13.4. The Bertz CT molecular complexity index is 641. The Morgan fingerprint density at radius 3 is 2.43 bits per heavy atom. The molecule has 0 aliphatic rings. The maximum atomic E-state index is 12.0. The van der Waals surface area contributed by atoms with Gasteiger partial charge in [0.1, 0.15) is 11.5 Å². The lowest BCUT2D eigenvalue weighted by atomic mass is 10.1. The van der Waals surface area contributed by atoms with Crippen LogP contribution in [0.3, 0.4) is 0 Å². The van der Waals surface area contributed by atoms with Crippen LogP contribution in [0.1, 0.15) is 13.8 Å². The molecule has 2 aromatic carbocycles. The first-order chi connectivity index (χ1) is 11.1. The van der Waals surface area contributed by atoms with E-state index in [9.17, 15) is 4.79 Å². The van der Waals surface area contributed by atoms with Crippen molar-refractivity contribution in [1.29, 1.82) is 0 Å². The molecule has 0 aliphatic carbocycles. The molecular weight excluding hydrogens is 292 g/mol. The second-order valence-electron chi connectivity index (χ2n) is 5.13. The summed E-state index contributed by atoms with van der Waals surface area (Å²) in [6.45, 7) is 4.64. The number of anilines is 1. The van der Waals surface area contributed by atoms with Gasteiger partial charge in [-0.3, -0.25) is 4.79 Å². The fourth-order valence-electron chi connectivity index (χ4n) is 1.92. The van der Waals surface area contributed by atoms with Crippen LogP contribution < -0.4 is 20.5 Å². The predicted octanol–water partition coefficient (Wildman–Crippen LogP) is 3.41. The summed E-state index contributed by atoms with van der Waals surface area (Å²) in [5.74, 6) is 1.65. The van der Waals surface area contributed by atoms with Gasteiger partial charge in [0.15, 0.2) is 5.75 Å². The molecule has 2 rings (SSSR count). The third-order valence-electron chi connectivity index (χ3n) is 3.31. The number of hydrogen-bond donors (Lipinski definition) is 2. The summed E-state index contributed by atoms with van der Waals surface area (Å²) >= 11 is 0. The molecule has 0 aromatic heterocycles. The molecule has 1 amide bonds. The highest BCUT2D eigenvalue weighted by atomic mass is 16.5. The standard InChI is InChI=1S/C18H22N2O3/c1-3-22-14-8-10-15(11-9-14)23-17-7-5-4-6-16(17)20-18(21)13(2)12-19/h4-11,13H,3,12,19H2,1-2H3,(H,20,21). The highest BCUT2D eigenvalue weighted by molar-refractivity contribution is 5.93. The van der Waals surface area contributed by atoms with Crippen molar-refractivity contribution in [3.8, 4) is 17.2 Å². The van der Waals surface area contributed by atoms with Gasteiger partial charge in [0, 0.05) is 12.5 Å². The number of hydrogen-bond acceptors (Lipinski definition) is 4. The number of amides is 1. The fourth-order valence-corrected chi connectivity index (χ4v) is 1.92. The number of carbonyl (C=O) groups is 1. The Morgan fingerprint density at radius 1 is 1.13 bits per heavy atom. The zero-order valence-electron chi connectivity index (χ0n) is 13.4. The van der Waals surface area contributed by atoms with Gasteiger partial charge in [-0.15, -0.1) is 0 Å². The molecule has 0 radical (unpaired) electrons. The Labute approximate surface area is 136 Å². The molecule has 0 saturated heterocycles. The molecular formula is C18H22N2O3. The molecule has 5 nitrogen and oxygen atoms in total. The van der Waals surface area contributed by atoms with Crippen molar-refractivity contribution in [2.75, 3.05) is 18.5 Å². The Morgan fingerprint density at radius 2 is 1.78 bits per heavy atom. The van der Waals surface area contributed by atoms with E-state index in [1.165, 1.54) is 0 Å². The Hall–Kier alpha value is -2.53. The maximum Gasteiger partial charge on any atom is 0.228 e. The normalized spacial score (nSPS) is 11.6. The molecule has 0 heterocycles. The largest absolute Gasteiger partial charge is 0.494 e. The van der Waals surface area contributed by atoms with Gasteiger partial charge in [-0.25, -0.2) is 0 Å². The molecule has 0 bridgehead atoms. The van der Waals surface area contributed by atoms with Crippen molar-refractivity contribution >= 4 is 11.6 Å². The van der Waals surface area contributed by atoms with E-state index in [4.69, 9.17) is 15.2 Å². The van der Waals surface area contributed by atoms with Crippen molar-refractivity contribution < 1.29 is 14.3 Å². The number of rotatable bonds is 7. The number of nitrogens with two attached hydrogens (primary N) is 1. The van der Waals surface area contributed by atoms with E-state index in [-0.39, 0.29) is 11.8 Å². The summed E-state index contributed by atoms with van der Waals surface area (Å²) in [4.78, 5) is 12.0. The molecule has 0 saturated carbocycles. The molecule has 3 N–H and O–H groups in total. The quantitative estimate of drug-likeness (QED) is 0.821. The van der Waals surface area contributed by atoms with Gasteiger partial charge in [0.2, 0.25) is 5.91 Å². The highest BCUT2D eigenvalue weighted by Gasteiger charge is 2.13. The minimum atomic E-state index is -0.256. The van der Waals surface area contributed by atoms with Gasteiger partial charge < -0.3 is 20.5 Å². The van der Waals surface area contributed by atoms with Crippen molar-refractivity contribution in [1.82, 2.24) is 0 Å². The number of carbonyl (C=O) groups excluding carboxylic acids is 1. The summed E-state index contributed by atoms with van der Waals surface area (Å²) in [5.41, 5.74) is 6.14. The SMILES string of the molecule is CCOc1ccc(Oc2ccccc2NC(=O)C(C)CN)cc1. The molecule has 122 valence electrons. The second kappa shape index (κ2) is 8.19. The number of ether oxygens (including phenoxy) is 2. The van der Waals surface area contributed by atoms with Gasteiger partial charge in [0.25, 0.3) is 0 Å². The third-order valence-corrected chi connectivity index (χ3v) is 3.31. The molecule has 1 unspecified atom stereocenters. The third kappa shape index (κ3) is 4.72. The van der Waals surface area contributed by atoms with E-state index < -0.39 is 0 Å². The van der Waals surface area contributed by atoms with Crippen LogP contribution in [0.25, 0.3) is 0 Å². The molecule has 2 aromatic rings. The lowest BCUT2D eigenvalue weighted by Crippen LogP contribution is -2.26. The minimum Gasteiger partial charge on any atom is -0.494 e. The van der Waals surface area contributed by atoms with E-state index in [2.05, 4.69) is 5.32 Å². The van der Waals surface area contributed by atoms with Gasteiger partial charge >= 0.3 is 0 Å². The van der Waals surface area contributed by atoms with Crippen LogP contribution in [0.2, 0.25) is 0 Å². The first kappa shape index (κ1) is 16.8. The van der Waals surface area contributed by atoms with Crippen LogP contribution in [0.15, 0.2) is 48.5 Å². The van der Waals surface area contributed by atoms with Crippen LogP contribution in [0, 0.1) is 5.92 Å². The van der Waals surface area contributed by atoms with Gasteiger partial charge in [0.05, 0.1) is 12.3 Å². The Kier molecular flexibility index (Phi) is 6.00. The summed E-state index contributed by atoms with van der Waals surface area (Å²) in [5, 5.41) is 2.84. The van der Waals surface area contributed by atoms with E-state index in [0.717, 1.165) is 5.75 Å². The lowest BCUT2D eigenvalue weighted by molar-refractivity contribution is -0.119. The van der Waals surface area contributed by atoms with Crippen LogP contribution in [-0.2, 0) is 4.79 Å². The van der Waals surface area contributed by atoms with Gasteiger partial charge in [-0.1, -0.05) is 19.1 Å². The summed E-state index contributed by atoms with van der Waals surface area (Å²) in [6.07, 6.45) is 0. The smallest absolute Gasteiger partial charge is 0.228 e. The number of nitrogens with one attached hydrogen (secondary N) is 1. The average Bonchev–Trinajstić information content (AvgIpc) is 2.57. The summed E-state index contributed by atoms with van der Waals surface area (Å²) in [6, 6.07) is 14.6. The number of para-hydroxylation sites is 2. The number of benzene rings is 2. The van der Waals surface area contributed by atoms with Crippen molar-refractivity contribution in [3.63, 3.8) is 0 Å². The maximum absolute atomic E-state index is 12.0. The average molecular weight is 314 g/mol. The Balaban J connectivity index is 2.12. The fraction of sp³-hybridized carbons (Fsp3) is 0.278. The molecule has 23 heavy (non-hydrogen) atoms. The molecule has 5 heteroatoms. The van der Waals surface area contributed by atoms with Crippen LogP contribution in [0.5, 0.6) is 17.2 Å². The monoisotopic (exact) mass is 314 g/mol. The predicted molar refractivity (Wildman–Crippen MR) is 91.0 cm³/mol. The highest BCUT2D eigenvalue weighted by Crippen LogP contribution is 2.30.